The monoisotopic (exact) mass is 348 g/mol. The third-order valence-corrected chi connectivity index (χ3v) is 5.61. The summed E-state index contributed by atoms with van der Waals surface area (Å²) < 4.78 is 32.3. The quantitative estimate of drug-likeness (QED) is 0.856. The highest BCUT2D eigenvalue weighted by atomic mass is 35.5. The molecule has 1 heterocycles. The van der Waals surface area contributed by atoms with Gasteiger partial charge in [-0.25, -0.2) is 8.42 Å². The molecule has 2 rings (SSSR count). The smallest absolute Gasteiger partial charge is 0.243 e. The fourth-order valence-electron chi connectivity index (χ4n) is 2.47. The summed E-state index contributed by atoms with van der Waals surface area (Å²) in [5.74, 6) is 0.711. The lowest BCUT2D eigenvalue weighted by Gasteiger charge is -2.31. The lowest BCUT2D eigenvalue weighted by Crippen LogP contribution is -2.46. The molecule has 1 atom stereocenters. The van der Waals surface area contributed by atoms with Crippen molar-refractivity contribution in [3.8, 4) is 5.75 Å². The van der Waals surface area contributed by atoms with Gasteiger partial charge < -0.3 is 10.1 Å². The molecule has 1 aromatic rings. The molecule has 0 saturated carbocycles. The van der Waals surface area contributed by atoms with E-state index in [1.54, 1.807) is 28.6 Å². The number of nitrogens with one attached hydrogen (secondary N) is 1. The molecule has 22 heavy (non-hydrogen) atoms. The first-order valence-corrected chi connectivity index (χ1v) is 8.92. The summed E-state index contributed by atoms with van der Waals surface area (Å²) in [6.45, 7) is 3.80. The molecule has 1 aliphatic heterocycles. The molecule has 1 N–H and O–H groups in total. The molecule has 1 fully saturated rings. The Morgan fingerprint density at radius 3 is 2.59 bits per heavy atom. The van der Waals surface area contributed by atoms with E-state index in [0.29, 0.717) is 30.3 Å². The van der Waals surface area contributed by atoms with Gasteiger partial charge in [-0.1, -0.05) is 6.92 Å². The van der Waals surface area contributed by atoms with E-state index >= 15 is 0 Å². The second-order valence-electron chi connectivity index (χ2n) is 5.31. The second-order valence-corrected chi connectivity index (χ2v) is 7.25. The maximum Gasteiger partial charge on any atom is 0.243 e. The summed E-state index contributed by atoms with van der Waals surface area (Å²) in [7, 11) is -1.53. The Bertz CT molecular complexity index is 548. The van der Waals surface area contributed by atoms with Gasteiger partial charge in [0.15, 0.2) is 0 Å². The first-order valence-electron chi connectivity index (χ1n) is 7.48. The molecule has 0 spiro atoms. The number of halogens is 1. The standard InChI is InChI=1S/C15H24N2O3S.ClH/c1-3-11-20-14-6-8-15(9-7-14)21(18,19)17-10-4-5-13(12-17)16-2;/h6-9,13,16H,3-5,10-12H2,1-2H3;1H. The van der Waals surface area contributed by atoms with Gasteiger partial charge in [-0.05, 0) is 50.6 Å². The maximum atomic E-state index is 12.6. The van der Waals surface area contributed by atoms with E-state index in [-0.39, 0.29) is 18.4 Å². The summed E-state index contributed by atoms with van der Waals surface area (Å²) in [5.41, 5.74) is 0. The van der Waals surface area contributed by atoms with Crippen LogP contribution in [0.3, 0.4) is 0 Å². The Kier molecular flexibility index (Phi) is 7.62. The van der Waals surface area contributed by atoms with Crippen molar-refractivity contribution in [2.75, 3.05) is 26.7 Å². The summed E-state index contributed by atoms with van der Waals surface area (Å²) in [6.07, 6.45) is 2.84. The van der Waals surface area contributed by atoms with E-state index in [9.17, 15) is 8.42 Å². The minimum atomic E-state index is -3.40. The van der Waals surface area contributed by atoms with Crippen molar-refractivity contribution in [1.82, 2.24) is 9.62 Å². The second kappa shape index (κ2) is 8.72. The van der Waals surface area contributed by atoms with E-state index in [1.807, 2.05) is 14.0 Å². The fourth-order valence-corrected chi connectivity index (χ4v) is 4.00. The Balaban J connectivity index is 0.00000242. The molecule has 0 aliphatic carbocycles. The SMILES string of the molecule is CCCOc1ccc(S(=O)(=O)N2CCCC(NC)C2)cc1.Cl. The van der Waals surface area contributed by atoms with Crippen LogP contribution in [-0.2, 0) is 10.0 Å². The van der Waals surface area contributed by atoms with Crippen LogP contribution in [0.2, 0.25) is 0 Å². The van der Waals surface area contributed by atoms with Crippen LogP contribution in [0.1, 0.15) is 26.2 Å². The zero-order chi connectivity index (χ0) is 15.3. The number of likely N-dealkylation sites (N-methyl/N-ethyl adjacent to an activating group) is 1. The number of sulfonamides is 1. The Morgan fingerprint density at radius 2 is 2.00 bits per heavy atom. The maximum absolute atomic E-state index is 12.6. The van der Waals surface area contributed by atoms with Crippen molar-refractivity contribution in [1.29, 1.82) is 0 Å². The minimum Gasteiger partial charge on any atom is -0.494 e. The summed E-state index contributed by atoms with van der Waals surface area (Å²) in [5, 5.41) is 3.16. The summed E-state index contributed by atoms with van der Waals surface area (Å²) in [6, 6.07) is 6.94. The molecule has 1 unspecified atom stereocenters. The van der Waals surface area contributed by atoms with Gasteiger partial charge in [-0.2, -0.15) is 4.31 Å². The van der Waals surface area contributed by atoms with Crippen LogP contribution in [0.4, 0.5) is 0 Å². The normalized spacial score (nSPS) is 19.5. The van der Waals surface area contributed by atoms with Crippen LogP contribution in [0.15, 0.2) is 29.2 Å². The lowest BCUT2D eigenvalue weighted by molar-refractivity contribution is 0.292. The van der Waals surface area contributed by atoms with Crippen LogP contribution in [0, 0.1) is 0 Å². The highest BCUT2D eigenvalue weighted by molar-refractivity contribution is 7.89. The van der Waals surface area contributed by atoms with Crippen molar-refractivity contribution in [2.45, 2.75) is 37.1 Å². The van der Waals surface area contributed by atoms with Crippen LogP contribution in [-0.4, -0.2) is 45.5 Å². The summed E-state index contributed by atoms with van der Waals surface area (Å²) in [4.78, 5) is 0.336. The predicted molar refractivity (Wildman–Crippen MR) is 90.3 cm³/mol. The largest absolute Gasteiger partial charge is 0.494 e. The highest BCUT2D eigenvalue weighted by Gasteiger charge is 2.29. The molecule has 0 bridgehead atoms. The first kappa shape index (κ1) is 19.2. The highest BCUT2D eigenvalue weighted by Crippen LogP contribution is 2.22. The topological polar surface area (TPSA) is 58.6 Å². The van der Waals surface area contributed by atoms with Gasteiger partial charge in [0.25, 0.3) is 0 Å². The molecule has 0 amide bonds. The van der Waals surface area contributed by atoms with E-state index in [4.69, 9.17) is 4.74 Å². The van der Waals surface area contributed by atoms with E-state index in [0.717, 1.165) is 19.3 Å². The third-order valence-electron chi connectivity index (χ3n) is 3.73. The van der Waals surface area contributed by atoms with Crippen LogP contribution < -0.4 is 10.1 Å². The number of hydrogen-bond acceptors (Lipinski definition) is 4. The average molecular weight is 349 g/mol. The third kappa shape index (κ3) is 4.59. The van der Waals surface area contributed by atoms with E-state index in [1.165, 1.54) is 0 Å². The average Bonchev–Trinajstić information content (AvgIpc) is 2.53. The Labute approximate surface area is 139 Å². The van der Waals surface area contributed by atoms with Crippen LogP contribution in [0.25, 0.3) is 0 Å². The number of ether oxygens (including phenoxy) is 1. The van der Waals surface area contributed by atoms with Gasteiger partial charge in [0, 0.05) is 19.1 Å². The first-order chi connectivity index (χ1) is 10.1. The molecule has 5 nitrogen and oxygen atoms in total. The number of benzene rings is 1. The van der Waals surface area contributed by atoms with Gasteiger partial charge in [0.05, 0.1) is 11.5 Å². The number of piperidine rings is 1. The van der Waals surface area contributed by atoms with Crippen molar-refractivity contribution < 1.29 is 13.2 Å². The molecule has 1 aromatic carbocycles. The van der Waals surface area contributed by atoms with Crippen LogP contribution >= 0.6 is 12.4 Å². The van der Waals surface area contributed by atoms with Gasteiger partial charge in [-0.15, -0.1) is 12.4 Å². The van der Waals surface area contributed by atoms with Gasteiger partial charge in [0.1, 0.15) is 5.75 Å². The molecule has 1 saturated heterocycles. The molecule has 0 radical (unpaired) electrons. The predicted octanol–water partition coefficient (Wildman–Crippen LogP) is 2.27. The van der Waals surface area contributed by atoms with Crippen molar-refractivity contribution in [3.05, 3.63) is 24.3 Å². The van der Waals surface area contributed by atoms with Gasteiger partial charge in [0.2, 0.25) is 10.0 Å². The molecule has 7 heteroatoms. The number of rotatable bonds is 6. The lowest BCUT2D eigenvalue weighted by atomic mass is 10.1. The summed E-state index contributed by atoms with van der Waals surface area (Å²) >= 11 is 0. The number of hydrogen-bond donors (Lipinski definition) is 1. The molecular weight excluding hydrogens is 324 g/mol. The minimum absolute atomic E-state index is 0. The van der Waals surface area contributed by atoms with E-state index in [2.05, 4.69) is 5.32 Å². The van der Waals surface area contributed by atoms with Gasteiger partial charge in [-0.3, -0.25) is 0 Å². The molecule has 126 valence electrons. The zero-order valence-corrected chi connectivity index (χ0v) is 14.8. The number of nitrogens with zero attached hydrogens (tertiary/aromatic N) is 1. The Morgan fingerprint density at radius 1 is 1.32 bits per heavy atom. The fraction of sp³-hybridized carbons (Fsp3) is 0.600. The molecule has 1 aliphatic rings. The molecule has 0 aromatic heterocycles. The van der Waals surface area contributed by atoms with Crippen molar-refractivity contribution in [3.63, 3.8) is 0 Å². The van der Waals surface area contributed by atoms with Crippen molar-refractivity contribution >= 4 is 22.4 Å². The van der Waals surface area contributed by atoms with Gasteiger partial charge >= 0.3 is 0 Å². The van der Waals surface area contributed by atoms with Crippen molar-refractivity contribution in [2.24, 2.45) is 0 Å². The van der Waals surface area contributed by atoms with Crippen LogP contribution in [0.5, 0.6) is 5.75 Å². The molecular formula is C15H25ClN2O3S. The van der Waals surface area contributed by atoms with E-state index < -0.39 is 10.0 Å². The zero-order valence-electron chi connectivity index (χ0n) is 13.1. The Hall–Kier alpha value is -0.820.